The Morgan fingerprint density at radius 1 is 1.12 bits per heavy atom. The minimum Gasteiger partial charge on any atom is -0.367 e. The summed E-state index contributed by atoms with van der Waals surface area (Å²) in [5.74, 6) is 1.13. The Hall–Kier alpha value is -4.18. The van der Waals surface area contributed by atoms with Crippen LogP contribution in [0.1, 0.15) is 42.6 Å². The van der Waals surface area contributed by atoms with E-state index in [2.05, 4.69) is 35.5 Å². The number of amides is 1. The van der Waals surface area contributed by atoms with E-state index in [0.717, 1.165) is 47.5 Å². The van der Waals surface area contributed by atoms with Gasteiger partial charge in [0.1, 0.15) is 0 Å². The van der Waals surface area contributed by atoms with Crippen LogP contribution in [0, 0.1) is 17.2 Å². The van der Waals surface area contributed by atoms with Gasteiger partial charge in [-0.3, -0.25) is 9.20 Å². The molecule has 2 aromatic heterocycles. The van der Waals surface area contributed by atoms with Crippen LogP contribution in [-0.2, 0) is 0 Å². The standard InChI is InChI=1S/C27H26N6O/c1-17(2)14-29-25-26-30-15-24(20-7-9-21(10-8-20)27(34)31-22-11-12-22)33(26)16-23(32-25)19-5-3-18(13-28)4-6-19/h3-10,15-17,22H,11-12,14H2,1-2H3,(H,29,32)(H,31,34). The molecule has 1 aliphatic rings. The van der Waals surface area contributed by atoms with Crippen LogP contribution in [0.25, 0.3) is 28.2 Å². The molecule has 170 valence electrons. The van der Waals surface area contributed by atoms with E-state index in [1.54, 1.807) is 12.1 Å². The van der Waals surface area contributed by atoms with Gasteiger partial charge in [0.25, 0.3) is 5.91 Å². The smallest absolute Gasteiger partial charge is 0.251 e. The first kappa shape index (κ1) is 21.7. The fourth-order valence-electron chi connectivity index (χ4n) is 3.76. The van der Waals surface area contributed by atoms with Crippen molar-refractivity contribution < 1.29 is 4.79 Å². The summed E-state index contributed by atoms with van der Waals surface area (Å²) in [6.07, 6.45) is 5.93. The highest BCUT2D eigenvalue weighted by molar-refractivity contribution is 5.95. The molecule has 0 unspecified atom stereocenters. The van der Waals surface area contributed by atoms with Crippen molar-refractivity contribution in [3.8, 4) is 28.6 Å². The first-order valence-corrected chi connectivity index (χ1v) is 11.6. The van der Waals surface area contributed by atoms with Gasteiger partial charge in [0, 0.05) is 35.5 Å². The molecule has 0 bridgehead atoms. The number of anilines is 1. The lowest BCUT2D eigenvalue weighted by Crippen LogP contribution is -2.25. The molecular weight excluding hydrogens is 424 g/mol. The van der Waals surface area contributed by atoms with Crippen LogP contribution in [0.3, 0.4) is 0 Å². The van der Waals surface area contributed by atoms with Crippen LogP contribution in [0.5, 0.6) is 0 Å². The minimum atomic E-state index is -0.0281. The third kappa shape index (κ3) is 4.48. The zero-order chi connectivity index (χ0) is 23.7. The van der Waals surface area contributed by atoms with Crippen LogP contribution in [0.4, 0.5) is 5.82 Å². The molecule has 4 aromatic rings. The average molecular weight is 451 g/mol. The third-order valence-electron chi connectivity index (χ3n) is 5.84. The summed E-state index contributed by atoms with van der Waals surface area (Å²) < 4.78 is 2.03. The molecule has 2 heterocycles. The summed E-state index contributed by atoms with van der Waals surface area (Å²) in [7, 11) is 0. The second-order valence-electron chi connectivity index (χ2n) is 9.10. The van der Waals surface area contributed by atoms with E-state index in [9.17, 15) is 4.79 Å². The average Bonchev–Trinajstić information content (AvgIpc) is 3.57. The van der Waals surface area contributed by atoms with Crippen LogP contribution in [-0.4, -0.2) is 32.9 Å². The van der Waals surface area contributed by atoms with Crippen LogP contribution >= 0.6 is 0 Å². The fourth-order valence-corrected chi connectivity index (χ4v) is 3.76. The molecule has 0 spiro atoms. The summed E-state index contributed by atoms with van der Waals surface area (Å²) in [6, 6.07) is 17.5. The number of carbonyl (C=O) groups excluding carboxylic acids is 1. The molecule has 7 heteroatoms. The molecule has 7 nitrogen and oxygen atoms in total. The van der Waals surface area contributed by atoms with Gasteiger partial charge in [-0.25, -0.2) is 9.97 Å². The number of hydrogen-bond donors (Lipinski definition) is 2. The highest BCUT2D eigenvalue weighted by Crippen LogP contribution is 2.28. The molecule has 2 N–H and O–H groups in total. The summed E-state index contributed by atoms with van der Waals surface area (Å²) >= 11 is 0. The van der Waals surface area contributed by atoms with Crippen LogP contribution in [0.2, 0.25) is 0 Å². The normalized spacial score (nSPS) is 13.1. The number of carbonyl (C=O) groups is 1. The van der Waals surface area contributed by atoms with Gasteiger partial charge in [0.15, 0.2) is 11.5 Å². The van der Waals surface area contributed by atoms with Crippen molar-refractivity contribution in [1.29, 1.82) is 5.26 Å². The highest BCUT2D eigenvalue weighted by atomic mass is 16.1. The quantitative estimate of drug-likeness (QED) is 0.418. The third-order valence-corrected chi connectivity index (χ3v) is 5.84. The maximum atomic E-state index is 12.4. The number of nitrogens with one attached hydrogen (secondary N) is 2. The Kier molecular flexibility index (Phi) is 5.72. The Bertz CT molecular complexity index is 1380. The Morgan fingerprint density at radius 3 is 2.47 bits per heavy atom. The number of aromatic nitrogens is 3. The van der Waals surface area contributed by atoms with Gasteiger partial charge in [-0.1, -0.05) is 38.1 Å². The first-order chi connectivity index (χ1) is 16.5. The lowest BCUT2D eigenvalue weighted by Gasteiger charge is -2.13. The highest BCUT2D eigenvalue weighted by Gasteiger charge is 2.23. The second kappa shape index (κ2) is 8.99. The lowest BCUT2D eigenvalue weighted by molar-refractivity contribution is 0.0951. The van der Waals surface area contributed by atoms with Gasteiger partial charge in [-0.05, 0) is 43.0 Å². The van der Waals surface area contributed by atoms with E-state index in [1.807, 2.05) is 53.2 Å². The number of imidazole rings is 1. The second-order valence-corrected chi connectivity index (χ2v) is 9.10. The van der Waals surface area contributed by atoms with Gasteiger partial charge >= 0.3 is 0 Å². The number of benzene rings is 2. The van der Waals surface area contributed by atoms with Crippen molar-refractivity contribution in [1.82, 2.24) is 19.7 Å². The molecule has 1 amide bonds. The Balaban J connectivity index is 1.54. The van der Waals surface area contributed by atoms with Crippen molar-refractivity contribution in [2.45, 2.75) is 32.7 Å². The molecule has 2 aromatic carbocycles. The van der Waals surface area contributed by atoms with Gasteiger partial charge in [0.2, 0.25) is 0 Å². The first-order valence-electron chi connectivity index (χ1n) is 11.6. The van der Waals surface area contributed by atoms with E-state index in [1.165, 1.54) is 0 Å². The SMILES string of the molecule is CC(C)CNc1nc(-c2ccc(C#N)cc2)cn2c(-c3ccc(C(=O)NC4CC4)cc3)cnc12. The minimum absolute atomic E-state index is 0.0281. The van der Waals surface area contributed by atoms with Gasteiger partial charge < -0.3 is 10.6 Å². The summed E-state index contributed by atoms with van der Waals surface area (Å²) in [5, 5.41) is 15.6. The monoisotopic (exact) mass is 450 g/mol. The number of nitriles is 1. The van der Waals surface area contributed by atoms with Crippen molar-refractivity contribution in [2.75, 3.05) is 11.9 Å². The zero-order valence-electron chi connectivity index (χ0n) is 19.2. The zero-order valence-corrected chi connectivity index (χ0v) is 19.2. The van der Waals surface area contributed by atoms with Crippen LogP contribution < -0.4 is 10.6 Å². The van der Waals surface area contributed by atoms with E-state index >= 15 is 0 Å². The molecule has 0 aliphatic heterocycles. The van der Waals surface area contributed by atoms with Crippen LogP contribution in [0.15, 0.2) is 60.9 Å². The van der Waals surface area contributed by atoms with Crippen molar-refractivity contribution in [3.63, 3.8) is 0 Å². The predicted molar refractivity (Wildman–Crippen MR) is 132 cm³/mol. The number of hydrogen-bond acceptors (Lipinski definition) is 5. The maximum Gasteiger partial charge on any atom is 0.251 e. The number of fused-ring (bicyclic) bond motifs is 1. The summed E-state index contributed by atoms with van der Waals surface area (Å²) in [5.41, 5.74) is 5.57. The molecule has 1 saturated carbocycles. The van der Waals surface area contributed by atoms with Crippen molar-refractivity contribution in [2.24, 2.45) is 5.92 Å². The predicted octanol–water partition coefficient (Wildman–Crippen LogP) is 4.90. The molecule has 1 fully saturated rings. The Labute approximate surface area is 198 Å². The molecule has 5 rings (SSSR count). The topological polar surface area (TPSA) is 95.1 Å². The van der Waals surface area contributed by atoms with E-state index < -0.39 is 0 Å². The molecule has 0 atom stereocenters. The molecular formula is C27H26N6O. The Morgan fingerprint density at radius 2 is 1.82 bits per heavy atom. The number of rotatable bonds is 7. The molecule has 0 saturated heterocycles. The maximum absolute atomic E-state index is 12.4. The van der Waals surface area contributed by atoms with Gasteiger partial charge in [-0.2, -0.15) is 5.26 Å². The van der Waals surface area contributed by atoms with E-state index in [0.29, 0.717) is 28.9 Å². The molecule has 1 aliphatic carbocycles. The van der Waals surface area contributed by atoms with Gasteiger partial charge in [0.05, 0.1) is 29.2 Å². The summed E-state index contributed by atoms with van der Waals surface area (Å²) in [4.78, 5) is 21.9. The van der Waals surface area contributed by atoms with Gasteiger partial charge in [-0.15, -0.1) is 0 Å². The number of nitrogens with zero attached hydrogens (tertiary/aromatic N) is 4. The largest absolute Gasteiger partial charge is 0.367 e. The fraction of sp³-hybridized carbons (Fsp3) is 0.259. The van der Waals surface area contributed by atoms with E-state index in [-0.39, 0.29) is 5.91 Å². The van der Waals surface area contributed by atoms with Crippen molar-refractivity contribution in [3.05, 3.63) is 72.1 Å². The lowest BCUT2D eigenvalue weighted by atomic mass is 10.1. The molecule has 34 heavy (non-hydrogen) atoms. The van der Waals surface area contributed by atoms with Crippen molar-refractivity contribution >= 4 is 17.4 Å². The molecule has 0 radical (unpaired) electrons. The summed E-state index contributed by atoms with van der Waals surface area (Å²) in [6.45, 7) is 5.06. The van der Waals surface area contributed by atoms with E-state index in [4.69, 9.17) is 10.2 Å².